The molecule has 0 fully saturated rings. The van der Waals surface area contributed by atoms with Crippen LogP contribution >= 0.6 is 0 Å². The Kier molecular flexibility index (Phi) is 3.75. The first-order chi connectivity index (χ1) is 9.27. The van der Waals surface area contributed by atoms with Crippen molar-refractivity contribution in [3.63, 3.8) is 0 Å². The van der Waals surface area contributed by atoms with Crippen LogP contribution in [0.1, 0.15) is 19.4 Å². The molecule has 3 heterocycles. The summed E-state index contributed by atoms with van der Waals surface area (Å²) in [6.07, 6.45) is 7.00. The van der Waals surface area contributed by atoms with Gasteiger partial charge in [-0.15, -0.1) is 0 Å². The highest BCUT2D eigenvalue weighted by atomic mass is 15.1. The fourth-order valence-electron chi connectivity index (χ4n) is 1.96. The Morgan fingerprint density at radius 1 is 1.21 bits per heavy atom. The number of pyridine rings is 1. The van der Waals surface area contributed by atoms with Crippen LogP contribution in [0.3, 0.4) is 0 Å². The average Bonchev–Trinajstić information content (AvgIpc) is 2.81. The Morgan fingerprint density at radius 3 is 2.68 bits per heavy atom. The zero-order chi connectivity index (χ0) is 13.8. The highest BCUT2D eigenvalue weighted by Gasteiger charge is 2.11. The first kappa shape index (κ1) is 13.0. The molecule has 2 N–H and O–H groups in total. The lowest BCUT2D eigenvalue weighted by Gasteiger charge is -2.03. The number of anilines is 1. The number of nitrogens with two attached hydrogens (primary N) is 1. The lowest BCUT2D eigenvalue weighted by Crippen LogP contribution is -1.97. The van der Waals surface area contributed by atoms with E-state index < -0.39 is 0 Å². The first-order valence-electron chi connectivity index (χ1n) is 6.26. The number of nitrogen functional groups attached to an aromatic ring is 1. The minimum Gasteiger partial charge on any atom is -0.383 e. The van der Waals surface area contributed by atoms with Gasteiger partial charge in [-0.05, 0) is 24.6 Å². The lowest BCUT2D eigenvalue weighted by molar-refractivity contribution is 1.06. The molecular formula is C14H17N5. The average molecular weight is 255 g/mol. The molecule has 5 heteroatoms. The molecule has 0 aliphatic carbocycles. The van der Waals surface area contributed by atoms with Gasteiger partial charge in [-0.2, -0.15) is 0 Å². The minimum absolute atomic E-state index is 0.509. The van der Waals surface area contributed by atoms with Crippen molar-refractivity contribution >= 4 is 16.9 Å². The quantitative estimate of drug-likeness (QED) is 0.725. The van der Waals surface area contributed by atoms with Crippen molar-refractivity contribution in [1.29, 1.82) is 0 Å². The second-order valence-electron chi connectivity index (χ2n) is 3.85. The molecule has 0 aliphatic rings. The molecule has 0 saturated carbocycles. The smallest absolute Gasteiger partial charge is 0.150 e. The maximum absolute atomic E-state index is 5.87. The van der Waals surface area contributed by atoms with Gasteiger partial charge in [0.25, 0.3) is 0 Å². The predicted octanol–water partition coefficient (Wildman–Crippen LogP) is 2.73. The number of aryl methyl sites for hydroxylation is 1. The fourth-order valence-corrected chi connectivity index (χ4v) is 1.96. The summed E-state index contributed by atoms with van der Waals surface area (Å²) in [6.45, 7) is 5.99. The van der Waals surface area contributed by atoms with Crippen molar-refractivity contribution < 1.29 is 0 Å². The highest BCUT2D eigenvalue weighted by Crippen LogP contribution is 2.25. The third-order valence-corrected chi connectivity index (χ3v) is 2.73. The van der Waals surface area contributed by atoms with Crippen LogP contribution in [0.15, 0.2) is 37.1 Å². The van der Waals surface area contributed by atoms with Crippen molar-refractivity contribution in [2.75, 3.05) is 5.73 Å². The van der Waals surface area contributed by atoms with E-state index in [0.29, 0.717) is 5.82 Å². The minimum atomic E-state index is 0.509. The maximum atomic E-state index is 5.87. The standard InChI is InChI=1S/C12H11N5.C2H6/c1-8-6-17(9-3-2-4-14-5-9)12-10(8)11(13)15-7-16-12;1-2/h2-7H,1H3,(H2,13,15,16);1-2H3. The van der Waals surface area contributed by atoms with Crippen molar-refractivity contribution in [1.82, 2.24) is 19.5 Å². The predicted molar refractivity (Wildman–Crippen MR) is 77.2 cm³/mol. The number of rotatable bonds is 1. The molecule has 98 valence electrons. The van der Waals surface area contributed by atoms with E-state index >= 15 is 0 Å². The van der Waals surface area contributed by atoms with Gasteiger partial charge in [0.1, 0.15) is 17.8 Å². The maximum Gasteiger partial charge on any atom is 0.150 e. The number of aromatic nitrogens is 4. The Hall–Kier alpha value is -2.43. The highest BCUT2D eigenvalue weighted by molar-refractivity contribution is 5.90. The van der Waals surface area contributed by atoms with E-state index in [0.717, 1.165) is 22.3 Å². The SMILES string of the molecule is CC.Cc1cn(-c2cccnc2)c2ncnc(N)c12. The van der Waals surface area contributed by atoms with Crippen LogP contribution < -0.4 is 5.73 Å². The Morgan fingerprint density at radius 2 is 2.00 bits per heavy atom. The molecule has 19 heavy (non-hydrogen) atoms. The van der Waals surface area contributed by atoms with E-state index in [2.05, 4.69) is 15.0 Å². The van der Waals surface area contributed by atoms with Gasteiger partial charge >= 0.3 is 0 Å². The molecule has 0 atom stereocenters. The molecule has 3 aromatic heterocycles. The van der Waals surface area contributed by atoms with Gasteiger partial charge in [0.2, 0.25) is 0 Å². The summed E-state index contributed by atoms with van der Waals surface area (Å²) in [4.78, 5) is 12.4. The summed E-state index contributed by atoms with van der Waals surface area (Å²) < 4.78 is 1.97. The zero-order valence-corrected chi connectivity index (χ0v) is 11.3. The number of hydrogen-bond acceptors (Lipinski definition) is 4. The molecule has 0 saturated heterocycles. The summed E-state index contributed by atoms with van der Waals surface area (Å²) in [6, 6.07) is 3.87. The van der Waals surface area contributed by atoms with Gasteiger partial charge in [0, 0.05) is 12.4 Å². The summed E-state index contributed by atoms with van der Waals surface area (Å²) in [5.41, 5.74) is 8.70. The third-order valence-electron chi connectivity index (χ3n) is 2.73. The van der Waals surface area contributed by atoms with Crippen LogP contribution in [0, 0.1) is 6.92 Å². The molecular weight excluding hydrogens is 238 g/mol. The van der Waals surface area contributed by atoms with Crippen LogP contribution in [0.25, 0.3) is 16.7 Å². The monoisotopic (exact) mass is 255 g/mol. The largest absolute Gasteiger partial charge is 0.383 e. The van der Waals surface area contributed by atoms with Crippen LogP contribution in [-0.4, -0.2) is 19.5 Å². The Balaban J connectivity index is 0.000000637. The first-order valence-corrected chi connectivity index (χ1v) is 6.26. The molecule has 0 unspecified atom stereocenters. The normalized spacial score (nSPS) is 10.1. The van der Waals surface area contributed by atoms with Crippen LogP contribution in [0.5, 0.6) is 0 Å². The Bertz CT molecular complexity index is 673. The van der Waals surface area contributed by atoms with Gasteiger partial charge in [0.15, 0.2) is 0 Å². The van der Waals surface area contributed by atoms with Crippen molar-refractivity contribution in [3.8, 4) is 5.69 Å². The van der Waals surface area contributed by atoms with E-state index in [1.54, 1.807) is 12.4 Å². The third kappa shape index (κ3) is 2.27. The number of nitrogens with zero attached hydrogens (tertiary/aromatic N) is 4. The number of fused-ring (bicyclic) bond motifs is 1. The van der Waals surface area contributed by atoms with E-state index in [1.165, 1.54) is 6.33 Å². The zero-order valence-electron chi connectivity index (χ0n) is 11.3. The molecule has 3 aromatic rings. The van der Waals surface area contributed by atoms with E-state index in [4.69, 9.17) is 5.73 Å². The molecule has 5 nitrogen and oxygen atoms in total. The van der Waals surface area contributed by atoms with Crippen LogP contribution in [0.4, 0.5) is 5.82 Å². The topological polar surface area (TPSA) is 69.6 Å². The van der Waals surface area contributed by atoms with Gasteiger partial charge < -0.3 is 5.73 Å². The lowest BCUT2D eigenvalue weighted by atomic mass is 10.2. The molecule has 0 bridgehead atoms. The Labute approximate surface area is 112 Å². The van der Waals surface area contributed by atoms with Gasteiger partial charge in [-0.1, -0.05) is 13.8 Å². The molecule has 3 rings (SSSR count). The van der Waals surface area contributed by atoms with Crippen LogP contribution in [-0.2, 0) is 0 Å². The summed E-state index contributed by atoms with van der Waals surface area (Å²) in [5.74, 6) is 0.509. The second kappa shape index (κ2) is 5.48. The molecule has 0 amide bonds. The van der Waals surface area contributed by atoms with Gasteiger partial charge in [-0.25, -0.2) is 9.97 Å². The van der Waals surface area contributed by atoms with E-state index in [-0.39, 0.29) is 0 Å². The van der Waals surface area contributed by atoms with Crippen molar-refractivity contribution in [2.24, 2.45) is 0 Å². The van der Waals surface area contributed by atoms with E-state index in [9.17, 15) is 0 Å². The fraction of sp³-hybridized carbons (Fsp3) is 0.214. The molecule has 0 aliphatic heterocycles. The van der Waals surface area contributed by atoms with Crippen molar-refractivity contribution in [2.45, 2.75) is 20.8 Å². The molecule has 0 aromatic carbocycles. The molecule has 0 spiro atoms. The van der Waals surface area contributed by atoms with Gasteiger partial charge in [0.05, 0.1) is 17.3 Å². The number of hydrogen-bond donors (Lipinski definition) is 1. The summed E-state index contributed by atoms with van der Waals surface area (Å²) in [5, 5.41) is 0.899. The van der Waals surface area contributed by atoms with Crippen LogP contribution in [0.2, 0.25) is 0 Å². The van der Waals surface area contributed by atoms with Gasteiger partial charge in [-0.3, -0.25) is 9.55 Å². The van der Waals surface area contributed by atoms with E-state index in [1.807, 2.05) is 43.7 Å². The molecule has 0 radical (unpaired) electrons. The summed E-state index contributed by atoms with van der Waals surface area (Å²) in [7, 11) is 0. The second-order valence-corrected chi connectivity index (χ2v) is 3.85. The van der Waals surface area contributed by atoms with Crippen molar-refractivity contribution in [3.05, 3.63) is 42.6 Å². The summed E-state index contributed by atoms with van der Waals surface area (Å²) >= 11 is 0.